The third kappa shape index (κ3) is 10.0. The van der Waals surface area contributed by atoms with Crippen molar-refractivity contribution >= 4 is 76.2 Å². The molecule has 228 valence electrons. The highest BCUT2D eigenvalue weighted by Crippen LogP contribution is 2.36. The Balaban J connectivity index is 0.000000170. The van der Waals surface area contributed by atoms with Crippen LogP contribution in [0.2, 0.25) is 0 Å². The summed E-state index contributed by atoms with van der Waals surface area (Å²) in [7, 11) is 0. The maximum atomic E-state index is 13.8. The van der Waals surface area contributed by atoms with Crippen LogP contribution in [0.3, 0.4) is 0 Å². The van der Waals surface area contributed by atoms with E-state index in [0.717, 1.165) is 28.8 Å². The largest absolute Gasteiger partial charge is 0.356 e. The van der Waals surface area contributed by atoms with Gasteiger partial charge >= 0.3 is 0 Å². The van der Waals surface area contributed by atoms with Gasteiger partial charge in [0.05, 0.1) is 14.6 Å². The van der Waals surface area contributed by atoms with Crippen LogP contribution in [0.5, 0.6) is 0 Å². The van der Waals surface area contributed by atoms with E-state index >= 15 is 0 Å². The number of rotatable bonds is 5. The maximum Gasteiger partial charge on any atom is 0.173 e. The average molecular weight is 801 g/mol. The number of nitrogens with one attached hydrogen (secondary N) is 1. The molecule has 1 N–H and O–H groups in total. The van der Waals surface area contributed by atoms with Gasteiger partial charge in [-0.25, -0.2) is 17.6 Å². The SMILES string of the molecule is Fc1cc(Br)cc(Br)c1F.Fc1cc(N(c2ccccc2)c2ccccc2)cc(Br)c1F.c1ccc(Nc2ccccc2)cc1. The van der Waals surface area contributed by atoms with Crippen molar-refractivity contribution < 1.29 is 17.6 Å². The summed E-state index contributed by atoms with van der Waals surface area (Å²) in [5.41, 5.74) is 4.52. The molecule has 0 radical (unpaired) electrons. The van der Waals surface area contributed by atoms with Crippen LogP contribution in [0.15, 0.2) is 159 Å². The van der Waals surface area contributed by atoms with Crippen molar-refractivity contribution in [2.24, 2.45) is 0 Å². The van der Waals surface area contributed by atoms with E-state index in [1.54, 1.807) is 6.07 Å². The Labute approximate surface area is 284 Å². The molecule has 0 bridgehead atoms. The van der Waals surface area contributed by atoms with Crippen molar-refractivity contribution in [1.29, 1.82) is 0 Å². The molecule has 0 aliphatic carbocycles. The predicted molar refractivity (Wildman–Crippen MR) is 187 cm³/mol. The summed E-state index contributed by atoms with van der Waals surface area (Å²) in [5.74, 6) is -3.49. The van der Waals surface area contributed by atoms with Gasteiger partial charge in [-0.3, -0.25) is 0 Å². The van der Waals surface area contributed by atoms with Gasteiger partial charge in [-0.15, -0.1) is 0 Å². The molecule has 0 spiro atoms. The van der Waals surface area contributed by atoms with E-state index in [-0.39, 0.29) is 8.95 Å². The molecule has 0 unspecified atom stereocenters. The molecule has 0 saturated heterocycles. The fraction of sp³-hybridized carbons (Fsp3) is 0. The van der Waals surface area contributed by atoms with E-state index in [1.807, 2.05) is 126 Å². The zero-order valence-corrected chi connectivity index (χ0v) is 28.2. The average Bonchev–Trinajstić information content (AvgIpc) is 3.05. The molecule has 0 aliphatic heterocycles. The highest BCUT2D eigenvalue weighted by Gasteiger charge is 2.16. The standard InChI is InChI=1S/C18H12BrF2N.C12H11N.C6H2Br2F2/c19-16-11-15(12-17(20)18(16)21)22(13-7-3-1-4-8-13)14-9-5-2-6-10-14;1-3-7-11(8-4-1)13-12-9-5-2-6-10-12;7-3-1-4(8)6(10)5(9)2-3/h1-12H;1-10,13H;1-2H. The van der Waals surface area contributed by atoms with Gasteiger partial charge in [0, 0.05) is 33.3 Å². The van der Waals surface area contributed by atoms with Crippen molar-refractivity contribution in [3.63, 3.8) is 0 Å². The number of hydrogen-bond acceptors (Lipinski definition) is 2. The van der Waals surface area contributed by atoms with E-state index in [1.165, 1.54) is 12.1 Å². The summed E-state index contributed by atoms with van der Waals surface area (Å²) in [6.07, 6.45) is 0. The molecule has 0 aliphatic rings. The number of nitrogens with zero attached hydrogens (tertiary/aromatic N) is 1. The second kappa shape index (κ2) is 17.0. The molecular weight excluding hydrogens is 776 g/mol. The first-order chi connectivity index (χ1) is 21.7. The molecule has 0 amide bonds. The van der Waals surface area contributed by atoms with E-state index < -0.39 is 23.3 Å². The van der Waals surface area contributed by atoms with Gasteiger partial charge in [-0.1, -0.05) is 88.7 Å². The van der Waals surface area contributed by atoms with Crippen LogP contribution in [0, 0.1) is 23.3 Å². The predicted octanol–water partition coefficient (Wildman–Crippen LogP) is 13.1. The first-order valence-electron chi connectivity index (χ1n) is 13.4. The molecule has 6 rings (SSSR count). The zero-order valence-electron chi connectivity index (χ0n) is 23.4. The number of hydrogen-bond donors (Lipinski definition) is 1. The van der Waals surface area contributed by atoms with Crippen molar-refractivity contribution in [3.05, 3.63) is 182 Å². The van der Waals surface area contributed by atoms with Crippen molar-refractivity contribution in [1.82, 2.24) is 0 Å². The van der Waals surface area contributed by atoms with Crippen LogP contribution in [-0.2, 0) is 0 Å². The van der Waals surface area contributed by atoms with Gasteiger partial charge in [0.25, 0.3) is 0 Å². The zero-order chi connectivity index (χ0) is 32.2. The molecule has 9 heteroatoms. The second-order valence-corrected chi connectivity index (χ2v) is 11.9. The summed E-state index contributed by atoms with van der Waals surface area (Å²) in [6.45, 7) is 0. The van der Waals surface area contributed by atoms with Gasteiger partial charge in [0.2, 0.25) is 0 Å². The molecule has 2 nitrogen and oxygen atoms in total. The Bertz CT molecular complexity index is 1670. The number of para-hydroxylation sites is 4. The molecule has 0 aromatic heterocycles. The van der Waals surface area contributed by atoms with Gasteiger partial charge in [-0.2, -0.15) is 0 Å². The van der Waals surface area contributed by atoms with Gasteiger partial charge < -0.3 is 10.2 Å². The summed E-state index contributed by atoms with van der Waals surface area (Å²) in [5, 5.41) is 3.30. The monoisotopic (exact) mass is 798 g/mol. The Hall–Kier alpha value is -3.92. The third-order valence-electron chi connectivity index (χ3n) is 6.04. The van der Waals surface area contributed by atoms with Crippen molar-refractivity contribution in [2.75, 3.05) is 10.2 Å². The second-order valence-electron chi connectivity index (χ2n) is 9.27. The Kier molecular flexibility index (Phi) is 12.8. The number of anilines is 5. The highest BCUT2D eigenvalue weighted by molar-refractivity contribution is 9.11. The highest BCUT2D eigenvalue weighted by atomic mass is 79.9. The van der Waals surface area contributed by atoms with Crippen molar-refractivity contribution in [3.8, 4) is 0 Å². The Morgan fingerprint density at radius 2 is 0.800 bits per heavy atom. The molecule has 0 saturated carbocycles. The van der Waals surface area contributed by atoms with Crippen LogP contribution in [-0.4, -0.2) is 0 Å². The third-order valence-corrected chi connectivity index (χ3v) is 7.65. The molecule has 0 fully saturated rings. The van der Waals surface area contributed by atoms with E-state index in [9.17, 15) is 17.6 Å². The number of halogens is 7. The lowest BCUT2D eigenvalue weighted by atomic mass is 10.2. The van der Waals surface area contributed by atoms with Crippen molar-refractivity contribution in [2.45, 2.75) is 0 Å². The van der Waals surface area contributed by atoms with E-state index in [2.05, 4.69) is 53.1 Å². The minimum Gasteiger partial charge on any atom is -0.356 e. The van der Waals surface area contributed by atoms with Crippen LogP contribution in [0.1, 0.15) is 0 Å². The van der Waals surface area contributed by atoms with Gasteiger partial charge in [-0.05, 0) is 98.6 Å². The molecule has 45 heavy (non-hydrogen) atoms. The summed E-state index contributed by atoms with van der Waals surface area (Å²) >= 11 is 8.93. The first kappa shape index (κ1) is 34.0. The lowest BCUT2D eigenvalue weighted by Crippen LogP contribution is -2.10. The Morgan fingerprint density at radius 1 is 0.422 bits per heavy atom. The van der Waals surface area contributed by atoms with Crippen LogP contribution >= 0.6 is 47.8 Å². The quantitative estimate of drug-likeness (QED) is 0.106. The lowest BCUT2D eigenvalue weighted by molar-refractivity contribution is 0.503. The molecule has 6 aromatic rings. The van der Waals surface area contributed by atoms with Gasteiger partial charge in [0.1, 0.15) is 0 Å². The van der Waals surface area contributed by atoms with Crippen LogP contribution in [0.4, 0.5) is 46.0 Å². The topological polar surface area (TPSA) is 15.3 Å². The molecule has 0 atom stereocenters. The van der Waals surface area contributed by atoms with E-state index in [0.29, 0.717) is 10.2 Å². The fourth-order valence-electron chi connectivity index (χ4n) is 4.01. The molecular formula is C36H25Br3F4N2. The fourth-order valence-corrected chi connectivity index (χ4v) is 5.60. The minimum atomic E-state index is -0.888. The minimum absolute atomic E-state index is 0.0966. The first-order valence-corrected chi connectivity index (χ1v) is 15.8. The normalized spacial score (nSPS) is 10.1. The van der Waals surface area contributed by atoms with Gasteiger partial charge in [0.15, 0.2) is 23.3 Å². The molecule has 6 aromatic carbocycles. The van der Waals surface area contributed by atoms with E-state index in [4.69, 9.17) is 0 Å². The Morgan fingerprint density at radius 3 is 1.20 bits per heavy atom. The van der Waals surface area contributed by atoms with Crippen LogP contribution < -0.4 is 10.2 Å². The van der Waals surface area contributed by atoms with Crippen LogP contribution in [0.25, 0.3) is 0 Å². The summed E-state index contributed by atoms with van der Waals surface area (Å²) in [4.78, 5) is 1.87. The number of benzene rings is 6. The maximum absolute atomic E-state index is 13.8. The smallest absolute Gasteiger partial charge is 0.173 e. The molecule has 0 heterocycles. The summed E-state index contributed by atoms with van der Waals surface area (Å²) < 4.78 is 52.9. The summed E-state index contributed by atoms with van der Waals surface area (Å²) in [6, 6.07) is 44.7. The lowest BCUT2D eigenvalue weighted by Gasteiger charge is -2.25.